The standard InChI is InChI=1S/C23H26N2O3/c26-17-19-8-10-20(11-9-19)21(27)25-15-5-13-23(25)12-4-14-24(22(23)28)16-18-6-2-1-3-7-18/h1-3,6-11,26H,4-5,12-17H2. The van der Waals surface area contributed by atoms with Crippen molar-refractivity contribution < 1.29 is 14.7 Å². The van der Waals surface area contributed by atoms with Gasteiger partial charge in [0.1, 0.15) is 5.54 Å². The number of carbonyl (C=O) groups is 2. The lowest BCUT2D eigenvalue weighted by molar-refractivity contribution is -0.146. The number of amides is 2. The number of piperidine rings is 1. The Morgan fingerprint density at radius 3 is 2.29 bits per heavy atom. The highest BCUT2D eigenvalue weighted by atomic mass is 16.3. The molecular formula is C23H26N2O3. The van der Waals surface area contributed by atoms with Gasteiger partial charge in [0.05, 0.1) is 6.61 Å². The molecule has 2 saturated heterocycles. The van der Waals surface area contributed by atoms with E-state index >= 15 is 0 Å². The van der Waals surface area contributed by atoms with Crippen LogP contribution in [-0.4, -0.2) is 45.3 Å². The van der Waals surface area contributed by atoms with Crippen LogP contribution in [-0.2, 0) is 17.9 Å². The maximum atomic E-state index is 13.5. The van der Waals surface area contributed by atoms with Crippen LogP contribution >= 0.6 is 0 Å². The van der Waals surface area contributed by atoms with Crippen LogP contribution < -0.4 is 0 Å². The van der Waals surface area contributed by atoms with Crippen molar-refractivity contribution in [1.29, 1.82) is 0 Å². The molecule has 1 unspecified atom stereocenters. The molecule has 2 aliphatic rings. The van der Waals surface area contributed by atoms with Crippen molar-refractivity contribution in [2.75, 3.05) is 13.1 Å². The molecule has 1 spiro atoms. The molecule has 1 N–H and O–H groups in total. The van der Waals surface area contributed by atoms with Gasteiger partial charge in [0.2, 0.25) is 5.91 Å². The summed E-state index contributed by atoms with van der Waals surface area (Å²) in [5.74, 6) is -0.00247. The lowest BCUT2D eigenvalue weighted by Gasteiger charge is -2.44. The van der Waals surface area contributed by atoms with Crippen molar-refractivity contribution >= 4 is 11.8 Å². The molecule has 0 radical (unpaired) electrons. The van der Waals surface area contributed by atoms with Crippen LogP contribution in [0.25, 0.3) is 0 Å². The highest BCUT2D eigenvalue weighted by Gasteiger charge is 2.52. The molecule has 5 heteroatoms. The molecule has 0 bridgehead atoms. The first kappa shape index (κ1) is 18.7. The Kier molecular flexibility index (Phi) is 5.18. The van der Waals surface area contributed by atoms with E-state index in [1.807, 2.05) is 35.2 Å². The van der Waals surface area contributed by atoms with E-state index in [4.69, 9.17) is 0 Å². The molecule has 28 heavy (non-hydrogen) atoms. The lowest BCUT2D eigenvalue weighted by atomic mass is 9.84. The molecule has 0 saturated carbocycles. The molecule has 0 aliphatic carbocycles. The zero-order chi connectivity index (χ0) is 19.6. The second kappa shape index (κ2) is 7.76. The summed E-state index contributed by atoms with van der Waals surface area (Å²) < 4.78 is 0. The first-order valence-corrected chi connectivity index (χ1v) is 9.99. The summed E-state index contributed by atoms with van der Waals surface area (Å²) in [4.78, 5) is 30.4. The smallest absolute Gasteiger partial charge is 0.254 e. The second-order valence-electron chi connectivity index (χ2n) is 7.76. The molecule has 1 atom stereocenters. The monoisotopic (exact) mass is 378 g/mol. The minimum Gasteiger partial charge on any atom is -0.392 e. The van der Waals surface area contributed by atoms with Crippen LogP contribution in [0.15, 0.2) is 54.6 Å². The van der Waals surface area contributed by atoms with Crippen LogP contribution in [0.5, 0.6) is 0 Å². The topological polar surface area (TPSA) is 60.9 Å². The summed E-state index contributed by atoms with van der Waals surface area (Å²) in [6, 6.07) is 17.0. The molecule has 0 aromatic heterocycles. The number of benzene rings is 2. The minimum atomic E-state index is -0.709. The highest BCUT2D eigenvalue weighted by Crippen LogP contribution is 2.39. The van der Waals surface area contributed by atoms with Gasteiger partial charge in [-0.1, -0.05) is 42.5 Å². The average Bonchev–Trinajstić information content (AvgIpc) is 3.16. The van der Waals surface area contributed by atoms with E-state index in [1.54, 1.807) is 29.2 Å². The summed E-state index contributed by atoms with van der Waals surface area (Å²) in [6.45, 7) is 1.90. The van der Waals surface area contributed by atoms with Gasteiger partial charge < -0.3 is 14.9 Å². The Balaban J connectivity index is 1.57. The number of aliphatic hydroxyl groups excluding tert-OH is 1. The van der Waals surface area contributed by atoms with Gasteiger partial charge in [-0.05, 0) is 48.9 Å². The quantitative estimate of drug-likeness (QED) is 0.890. The van der Waals surface area contributed by atoms with Crippen molar-refractivity contribution in [2.45, 2.75) is 44.4 Å². The third kappa shape index (κ3) is 3.31. The molecule has 2 aromatic carbocycles. The van der Waals surface area contributed by atoms with E-state index in [9.17, 15) is 14.7 Å². The van der Waals surface area contributed by atoms with Gasteiger partial charge in [0.15, 0.2) is 0 Å². The number of nitrogens with zero attached hydrogens (tertiary/aromatic N) is 2. The fourth-order valence-electron chi connectivity index (χ4n) is 4.59. The predicted molar refractivity (Wildman–Crippen MR) is 106 cm³/mol. The third-order valence-corrected chi connectivity index (χ3v) is 6.04. The van der Waals surface area contributed by atoms with E-state index in [2.05, 4.69) is 0 Å². The summed E-state index contributed by atoms with van der Waals surface area (Å²) >= 11 is 0. The molecule has 2 heterocycles. The number of aliphatic hydroxyl groups is 1. The number of likely N-dealkylation sites (tertiary alicyclic amines) is 2. The van der Waals surface area contributed by atoms with E-state index in [0.717, 1.165) is 43.4 Å². The van der Waals surface area contributed by atoms with Crippen LogP contribution in [0.3, 0.4) is 0 Å². The Labute approximate surface area is 165 Å². The summed E-state index contributed by atoms with van der Waals surface area (Å²) in [5, 5.41) is 9.22. The van der Waals surface area contributed by atoms with E-state index < -0.39 is 5.54 Å². The Morgan fingerprint density at radius 2 is 1.61 bits per heavy atom. The van der Waals surface area contributed by atoms with E-state index in [1.165, 1.54) is 0 Å². The van der Waals surface area contributed by atoms with Crippen molar-refractivity contribution in [3.63, 3.8) is 0 Å². The first-order valence-electron chi connectivity index (χ1n) is 9.99. The van der Waals surface area contributed by atoms with Crippen LogP contribution in [0.2, 0.25) is 0 Å². The maximum absolute atomic E-state index is 13.5. The Morgan fingerprint density at radius 1 is 0.929 bits per heavy atom. The highest BCUT2D eigenvalue weighted by molar-refractivity contribution is 6.00. The van der Waals surface area contributed by atoms with Crippen molar-refractivity contribution in [2.24, 2.45) is 0 Å². The number of rotatable bonds is 4. The zero-order valence-electron chi connectivity index (χ0n) is 16.0. The van der Waals surface area contributed by atoms with Crippen molar-refractivity contribution in [3.8, 4) is 0 Å². The normalized spacial score (nSPS) is 22.1. The van der Waals surface area contributed by atoms with Gasteiger partial charge in [-0.15, -0.1) is 0 Å². The molecular weight excluding hydrogens is 352 g/mol. The van der Waals surface area contributed by atoms with Gasteiger partial charge in [0, 0.05) is 25.2 Å². The largest absolute Gasteiger partial charge is 0.392 e. The number of hydrogen-bond donors (Lipinski definition) is 1. The van der Waals surface area contributed by atoms with Crippen molar-refractivity contribution in [1.82, 2.24) is 9.80 Å². The van der Waals surface area contributed by atoms with Gasteiger partial charge in [-0.25, -0.2) is 0 Å². The molecule has 4 rings (SSSR count). The third-order valence-electron chi connectivity index (χ3n) is 6.04. The Bertz CT molecular complexity index is 850. The average molecular weight is 378 g/mol. The molecule has 2 amide bonds. The summed E-state index contributed by atoms with van der Waals surface area (Å²) in [6.07, 6.45) is 3.23. The second-order valence-corrected chi connectivity index (χ2v) is 7.76. The maximum Gasteiger partial charge on any atom is 0.254 e. The van der Waals surface area contributed by atoms with Gasteiger partial charge >= 0.3 is 0 Å². The fraction of sp³-hybridized carbons (Fsp3) is 0.391. The molecule has 146 valence electrons. The molecule has 2 fully saturated rings. The zero-order valence-corrected chi connectivity index (χ0v) is 16.0. The molecule has 5 nitrogen and oxygen atoms in total. The molecule has 2 aromatic rings. The minimum absolute atomic E-state index is 0.0466. The van der Waals surface area contributed by atoms with Crippen LogP contribution in [0, 0.1) is 0 Å². The van der Waals surface area contributed by atoms with Gasteiger partial charge in [0.25, 0.3) is 5.91 Å². The van der Waals surface area contributed by atoms with E-state index in [-0.39, 0.29) is 18.4 Å². The first-order chi connectivity index (χ1) is 13.6. The van der Waals surface area contributed by atoms with Crippen LogP contribution in [0.1, 0.15) is 47.2 Å². The Hall–Kier alpha value is -2.66. The van der Waals surface area contributed by atoms with Crippen LogP contribution in [0.4, 0.5) is 0 Å². The fourth-order valence-corrected chi connectivity index (χ4v) is 4.59. The molecule has 2 aliphatic heterocycles. The summed E-state index contributed by atoms with van der Waals surface area (Å²) in [5.41, 5.74) is 1.75. The lowest BCUT2D eigenvalue weighted by Crippen LogP contribution is -2.61. The van der Waals surface area contributed by atoms with Gasteiger partial charge in [-0.3, -0.25) is 9.59 Å². The number of carbonyl (C=O) groups excluding carboxylic acids is 2. The van der Waals surface area contributed by atoms with Crippen molar-refractivity contribution in [3.05, 3.63) is 71.3 Å². The predicted octanol–water partition coefficient (Wildman–Crippen LogP) is 2.98. The SMILES string of the molecule is O=C(c1ccc(CO)cc1)N1CCCC12CCCN(Cc1ccccc1)C2=O. The van der Waals surface area contributed by atoms with E-state index in [0.29, 0.717) is 18.7 Å². The number of hydrogen-bond acceptors (Lipinski definition) is 3. The summed E-state index contributed by atoms with van der Waals surface area (Å²) in [7, 11) is 0. The van der Waals surface area contributed by atoms with Gasteiger partial charge in [-0.2, -0.15) is 0 Å².